The van der Waals surface area contributed by atoms with Crippen LogP contribution in [0.4, 0.5) is 0 Å². The van der Waals surface area contributed by atoms with E-state index < -0.39 is 0 Å². The molecule has 0 aromatic carbocycles. The molecule has 3 heterocycles. The highest BCUT2D eigenvalue weighted by atomic mass is 16.5. The maximum absolute atomic E-state index is 11.4. The number of carbonyl (C=O) groups is 1. The summed E-state index contributed by atoms with van der Waals surface area (Å²) < 4.78 is 4.70. The fourth-order valence-electron chi connectivity index (χ4n) is 3.43. The first-order valence-electron chi connectivity index (χ1n) is 7.68. The Morgan fingerprint density at radius 1 is 1.43 bits per heavy atom. The molecule has 2 unspecified atom stereocenters. The number of piperazine rings is 1. The molecule has 3 rings (SSSR count). The van der Waals surface area contributed by atoms with Crippen molar-refractivity contribution < 1.29 is 9.53 Å². The van der Waals surface area contributed by atoms with Gasteiger partial charge in [-0.3, -0.25) is 14.8 Å². The zero-order valence-corrected chi connectivity index (χ0v) is 12.8. The molecule has 0 radical (unpaired) electrons. The van der Waals surface area contributed by atoms with Gasteiger partial charge in [0.05, 0.1) is 18.4 Å². The quantitative estimate of drug-likeness (QED) is 0.790. The molecule has 2 fully saturated rings. The highest BCUT2D eigenvalue weighted by Gasteiger charge is 2.34. The van der Waals surface area contributed by atoms with Crippen molar-refractivity contribution in [1.29, 1.82) is 0 Å². The Hall–Kier alpha value is -1.46. The number of pyridine rings is 1. The second-order valence-corrected chi connectivity index (χ2v) is 6.10. The average Bonchev–Trinajstić information content (AvgIpc) is 2.94. The molecule has 114 valence electrons. The monoisotopic (exact) mass is 289 g/mol. The predicted molar refractivity (Wildman–Crippen MR) is 80.0 cm³/mol. The van der Waals surface area contributed by atoms with Gasteiger partial charge < -0.3 is 4.74 Å². The molecule has 0 spiro atoms. The lowest BCUT2D eigenvalue weighted by atomic mass is 10.1. The lowest BCUT2D eigenvalue weighted by Gasteiger charge is -2.42. The Morgan fingerprint density at radius 3 is 3.00 bits per heavy atom. The Morgan fingerprint density at radius 2 is 2.29 bits per heavy atom. The largest absolute Gasteiger partial charge is 0.465 e. The highest BCUT2D eigenvalue weighted by Crippen LogP contribution is 2.25. The second kappa shape index (κ2) is 6.12. The summed E-state index contributed by atoms with van der Waals surface area (Å²) >= 11 is 0. The maximum Gasteiger partial charge on any atom is 0.339 e. The van der Waals surface area contributed by atoms with E-state index in [1.807, 2.05) is 6.07 Å². The lowest BCUT2D eigenvalue weighted by molar-refractivity contribution is 0.0531. The third-order valence-corrected chi connectivity index (χ3v) is 4.68. The third-order valence-electron chi connectivity index (χ3n) is 4.68. The van der Waals surface area contributed by atoms with E-state index in [1.54, 1.807) is 12.3 Å². The average molecular weight is 289 g/mol. The van der Waals surface area contributed by atoms with Gasteiger partial charge in [0, 0.05) is 37.9 Å². The zero-order chi connectivity index (χ0) is 14.8. The van der Waals surface area contributed by atoms with Gasteiger partial charge in [-0.05, 0) is 38.4 Å². The molecule has 5 nitrogen and oxygen atoms in total. The normalized spacial score (nSPS) is 26.6. The number of rotatable bonds is 3. The SMILES string of the molecule is COC(=O)c1ccc(CN2CC3CCCN3CC2C)nc1. The van der Waals surface area contributed by atoms with Crippen LogP contribution < -0.4 is 0 Å². The molecule has 0 amide bonds. The number of nitrogens with zero attached hydrogens (tertiary/aromatic N) is 3. The summed E-state index contributed by atoms with van der Waals surface area (Å²) in [6.45, 7) is 6.69. The molecule has 2 atom stereocenters. The van der Waals surface area contributed by atoms with E-state index in [-0.39, 0.29) is 5.97 Å². The second-order valence-electron chi connectivity index (χ2n) is 6.10. The van der Waals surface area contributed by atoms with Crippen molar-refractivity contribution in [1.82, 2.24) is 14.8 Å². The molecule has 1 aromatic heterocycles. The standard InChI is InChI=1S/C16H23N3O2/c1-12-9-18-7-3-4-15(18)11-19(12)10-14-6-5-13(8-17-14)16(20)21-2/h5-6,8,12,15H,3-4,7,9-11H2,1-2H3. The van der Waals surface area contributed by atoms with Gasteiger partial charge in [-0.1, -0.05) is 0 Å². The first-order chi connectivity index (χ1) is 10.2. The fourth-order valence-corrected chi connectivity index (χ4v) is 3.43. The van der Waals surface area contributed by atoms with Crippen LogP contribution >= 0.6 is 0 Å². The number of carbonyl (C=O) groups excluding carboxylic acids is 1. The van der Waals surface area contributed by atoms with Gasteiger partial charge in [-0.2, -0.15) is 0 Å². The number of ether oxygens (including phenoxy) is 1. The molecule has 0 N–H and O–H groups in total. The summed E-state index contributed by atoms with van der Waals surface area (Å²) in [6.07, 6.45) is 4.26. The van der Waals surface area contributed by atoms with Crippen molar-refractivity contribution in [3.8, 4) is 0 Å². The molecule has 1 aromatic rings. The Kier molecular flexibility index (Phi) is 4.22. The van der Waals surface area contributed by atoms with E-state index in [4.69, 9.17) is 4.74 Å². The van der Waals surface area contributed by atoms with Crippen LogP contribution in [-0.2, 0) is 11.3 Å². The lowest BCUT2D eigenvalue weighted by Crippen LogP contribution is -2.54. The maximum atomic E-state index is 11.4. The van der Waals surface area contributed by atoms with Crippen LogP contribution in [0.3, 0.4) is 0 Å². The van der Waals surface area contributed by atoms with Gasteiger partial charge in [0.15, 0.2) is 0 Å². The summed E-state index contributed by atoms with van der Waals surface area (Å²) in [5, 5.41) is 0. The molecule has 0 bridgehead atoms. The number of fused-ring (bicyclic) bond motifs is 1. The minimum atomic E-state index is -0.331. The summed E-state index contributed by atoms with van der Waals surface area (Å²) in [4.78, 5) is 20.9. The highest BCUT2D eigenvalue weighted by molar-refractivity contribution is 5.88. The van der Waals surface area contributed by atoms with Crippen LogP contribution in [0.25, 0.3) is 0 Å². The van der Waals surface area contributed by atoms with E-state index in [9.17, 15) is 4.79 Å². The van der Waals surface area contributed by atoms with Crippen molar-refractivity contribution in [2.24, 2.45) is 0 Å². The molecular weight excluding hydrogens is 266 g/mol. The molecule has 2 aliphatic heterocycles. The van der Waals surface area contributed by atoms with Crippen LogP contribution in [0.1, 0.15) is 35.8 Å². The van der Waals surface area contributed by atoms with Crippen molar-refractivity contribution in [3.63, 3.8) is 0 Å². The molecule has 0 saturated carbocycles. The van der Waals surface area contributed by atoms with Gasteiger partial charge in [0.25, 0.3) is 0 Å². The van der Waals surface area contributed by atoms with E-state index in [1.165, 1.54) is 26.5 Å². The first-order valence-corrected chi connectivity index (χ1v) is 7.68. The van der Waals surface area contributed by atoms with Crippen LogP contribution in [0.2, 0.25) is 0 Å². The van der Waals surface area contributed by atoms with Crippen molar-refractivity contribution >= 4 is 5.97 Å². The molecule has 0 aliphatic carbocycles. The van der Waals surface area contributed by atoms with E-state index >= 15 is 0 Å². The van der Waals surface area contributed by atoms with Crippen LogP contribution in [0, 0.1) is 0 Å². The van der Waals surface area contributed by atoms with Gasteiger partial charge in [0.2, 0.25) is 0 Å². The fraction of sp³-hybridized carbons (Fsp3) is 0.625. The summed E-state index contributed by atoms with van der Waals surface area (Å²) in [5.41, 5.74) is 1.52. The minimum absolute atomic E-state index is 0.331. The number of esters is 1. The summed E-state index contributed by atoms with van der Waals surface area (Å²) in [6, 6.07) is 5.00. The van der Waals surface area contributed by atoms with Gasteiger partial charge in [0.1, 0.15) is 0 Å². The molecule has 5 heteroatoms. The van der Waals surface area contributed by atoms with Crippen molar-refractivity contribution in [3.05, 3.63) is 29.6 Å². The number of methoxy groups -OCH3 is 1. The summed E-state index contributed by atoms with van der Waals surface area (Å²) in [5.74, 6) is -0.331. The van der Waals surface area contributed by atoms with Gasteiger partial charge >= 0.3 is 5.97 Å². The van der Waals surface area contributed by atoms with Crippen LogP contribution in [0.5, 0.6) is 0 Å². The van der Waals surface area contributed by atoms with Crippen LogP contribution in [0.15, 0.2) is 18.3 Å². The summed E-state index contributed by atoms with van der Waals surface area (Å²) in [7, 11) is 1.39. The number of hydrogen-bond donors (Lipinski definition) is 0. The van der Waals surface area contributed by atoms with Gasteiger partial charge in [-0.25, -0.2) is 4.79 Å². The Balaban J connectivity index is 1.64. The number of hydrogen-bond acceptors (Lipinski definition) is 5. The number of aromatic nitrogens is 1. The van der Waals surface area contributed by atoms with E-state index in [0.29, 0.717) is 11.6 Å². The smallest absolute Gasteiger partial charge is 0.339 e. The Bertz CT molecular complexity index is 503. The zero-order valence-electron chi connectivity index (χ0n) is 12.8. The van der Waals surface area contributed by atoms with E-state index in [0.717, 1.165) is 31.4 Å². The van der Waals surface area contributed by atoms with Crippen molar-refractivity contribution in [2.45, 2.75) is 38.4 Å². The molecule has 2 saturated heterocycles. The minimum Gasteiger partial charge on any atom is -0.465 e. The Labute approximate surface area is 125 Å². The van der Waals surface area contributed by atoms with E-state index in [2.05, 4.69) is 21.7 Å². The predicted octanol–water partition coefficient (Wildman–Crippen LogP) is 1.54. The van der Waals surface area contributed by atoms with Crippen molar-refractivity contribution in [2.75, 3.05) is 26.7 Å². The van der Waals surface area contributed by atoms with Crippen LogP contribution in [-0.4, -0.2) is 59.6 Å². The van der Waals surface area contributed by atoms with Gasteiger partial charge in [-0.15, -0.1) is 0 Å². The molecule has 2 aliphatic rings. The third kappa shape index (κ3) is 3.09. The first kappa shape index (κ1) is 14.5. The molecule has 21 heavy (non-hydrogen) atoms. The molecular formula is C16H23N3O2. The topological polar surface area (TPSA) is 45.7 Å².